The summed E-state index contributed by atoms with van der Waals surface area (Å²) in [5.74, 6) is 0.454. The summed E-state index contributed by atoms with van der Waals surface area (Å²) >= 11 is 8.40. The van der Waals surface area contributed by atoms with Gasteiger partial charge in [0.05, 0.1) is 11.4 Å². The topological polar surface area (TPSA) is 55.1 Å². The fourth-order valence-corrected chi connectivity index (χ4v) is 3.27. The van der Waals surface area contributed by atoms with E-state index in [1.165, 1.54) is 0 Å². The van der Waals surface area contributed by atoms with E-state index in [4.69, 9.17) is 5.73 Å². The maximum absolute atomic E-state index is 11.8. The third-order valence-corrected chi connectivity index (χ3v) is 4.66. The van der Waals surface area contributed by atoms with E-state index in [2.05, 4.69) is 44.1 Å². The van der Waals surface area contributed by atoms with Crippen molar-refractivity contribution in [3.63, 3.8) is 0 Å². The number of amides is 1. The number of carbonyl (C=O) groups excluding carboxylic acids is 1. The van der Waals surface area contributed by atoms with Gasteiger partial charge in [-0.1, -0.05) is 22.9 Å². The van der Waals surface area contributed by atoms with Gasteiger partial charge in [-0.05, 0) is 47.1 Å². The van der Waals surface area contributed by atoms with E-state index in [9.17, 15) is 4.79 Å². The molecule has 0 bridgehead atoms. The smallest absolute Gasteiger partial charge is 0.234 e. The Morgan fingerprint density at radius 3 is 2.83 bits per heavy atom. The number of nitrogens with one attached hydrogen (secondary N) is 1. The second kappa shape index (κ2) is 8.19. The van der Waals surface area contributed by atoms with Crippen LogP contribution in [0.15, 0.2) is 27.1 Å². The van der Waals surface area contributed by atoms with Crippen LogP contribution in [0, 0.1) is 0 Å². The number of halogens is 2. The van der Waals surface area contributed by atoms with Crippen LogP contribution in [-0.2, 0) is 4.79 Å². The molecule has 100 valence electrons. The molecule has 1 atom stereocenters. The van der Waals surface area contributed by atoms with Crippen LogP contribution >= 0.6 is 43.6 Å². The molecule has 0 fully saturated rings. The third kappa shape index (κ3) is 5.73. The summed E-state index contributed by atoms with van der Waals surface area (Å²) in [6, 6.07) is 5.66. The molecule has 1 rings (SSSR count). The number of benzene rings is 1. The summed E-state index contributed by atoms with van der Waals surface area (Å²) in [6.07, 6.45) is 0.930. The Labute approximate surface area is 129 Å². The molecule has 3 N–H and O–H groups in total. The van der Waals surface area contributed by atoms with E-state index in [-0.39, 0.29) is 5.91 Å². The third-order valence-electron chi connectivity index (χ3n) is 2.28. The molecule has 1 aromatic rings. The molecule has 0 saturated carbocycles. The molecule has 0 aliphatic carbocycles. The number of hydrogen-bond acceptors (Lipinski definition) is 3. The molecule has 1 amide bonds. The second-order valence-corrected chi connectivity index (χ2v) is 7.07. The number of anilines is 1. The van der Waals surface area contributed by atoms with Gasteiger partial charge in [-0.3, -0.25) is 4.79 Å². The Bertz CT molecular complexity index is 415. The molecular formula is C12H16Br2N2OS. The average Bonchev–Trinajstić information content (AvgIpc) is 2.31. The van der Waals surface area contributed by atoms with Gasteiger partial charge in [0.2, 0.25) is 5.91 Å². The lowest BCUT2D eigenvalue weighted by Crippen LogP contribution is -2.17. The van der Waals surface area contributed by atoms with Crippen molar-refractivity contribution in [2.24, 2.45) is 5.73 Å². The fraction of sp³-hybridized carbons (Fsp3) is 0.417. The molecule has 0 spiro atoms. The first kappa shape index (κ1) is 16.0. The van der Waals surface area contributed by atoms with Gasteiger partial charge >= 0.3 is 0 Å². The summed E-state index contributed by atoms with van der Waals surface area (Å²) in [5, 5.41) is 3.29. The monoisotopic (exact) mass is 394 g/mol. The maximum atomic E-state index is 11.8. The van der Waals surface area contributed by atoms with Crippen LogP contribution in [0.25, 0.3) is 0 Å². The number of carbonyl (C=O) groups is 1. The van der Waals surface area contributed by atoms with Crippen LogP contribution in [0.3, 0.4) is 0 Å². The van der Waals surface area contributed by atoms with Crippen molar-refractivity contribution in [2.75, 3.05) is 17.6 Å². The van der Waals surface area contributed by atoms with Gasteiger partial charge in [-0.25, -0.2) is 0 Å². The van der Waals surface area contributed by atoms with Gasteiger partial charge in [0.15, 0.2) is 0 Å². The summed E-state index contributed by atoms with van der Waals surface area (Å²) in [6.45, 7) is 2.74. The minimum atomic E-state index is 0.00638. The SMILES string of the molecule is CC(CCN)SCC(=O)Nc1ccc(Br)cc1Br. The molecule has 18 heavy (non-hydrogen) atoms. The van der Waals surface area contributed by atoms with Crippen molar-refractivity contribution in [1.82, 2.24) is 0 Å². The molecule has 0 radical (unpaired) electrons. The normalized spacial score (nSPS) is 12.2. The molecule has 0 aliphatic heterocycles. The van der Waals surface area contributed by atoms with Gasteiger partial charge < -0.3 is 11.1 Å². The van der Waals surface area contributed by atoms with Gasteiger partial charge in [-0.2, -0.15) is 0 Å². The Morgan fingerprint density at radius 1 is 1.50 bits per heavy atom. The van der Waals surface area contributed by atoms with Gasteiger partial charge in [0.1, 0.15) is 0 Å². The minimum absolute atomic E-state index is 0.00638. The fourth-order valence-electron chi connectivity index (χ4n) is 1.31. The summed E-state index contributed by atoms with van der Waals surface area (Å²) in [4.78, 5) is 11.8. The first-order chi connectivity index (χ1) is 8.52. The minimum Gasteiger partial charge on any atom is -0.330 e. The van der Waals surface area contributed by atoms with Gasteiger partial charge in [0, 0.05) is 14.2 Å². The summed E-state index contributed by atoms with van der Waals surface area (Å²) in [7, 11) is 0. The van der Waals surface area contributed by atoms with Crippen molar-refractivity contribution in [1.29, 1.82) is 0 Å². The lowest BCUT2D eigenvalue weighted by Gasteiger charge is -2.11. The quantitative estimate of drug-likeness (QED) is 0.773. The maximum Gasteiger partial charge on any atom is 0.234 e. The van der Waals surface area contributed by atoms with Crippen molar-refractivity contribution >= 4 is 55.2 Å². The van der Waals surface area contributed by atoms with Crippen molar-refractivity contribution in [3.05, 3.63) is 27.1 Å². The van der Waals surface area contributed by atoms with Crippen molar-refractivity contribution in [3.8, 4) is 0 Å². The Kier molecular flexibility index (Phi) is 7.29. The Balaban J connectivity index is 2.44. The van der Waals surface area contributed by atoms with Gasteiger partial charge in [-0.15, -0.1) is 11.8 Å². The first-order valence-corrected chi connectivity index (χ1v) is 8.23. The van der Waals surface area contributed by atoms with Crippen LogP contribution < -0.4 is 11.1 Å². The first-order valence-electron chi connectivity index (χ1n) is 5.59. The zero-order chi connectivity index (χ0) is 13.5. The van der Waals surface area contributed by atoms with Crippen LogP contribution in [0.5, 0.6) is 0 Å². The van der Waals surface area contributed by atoms with Crippen LogP contribution in [0.2, 0.25) is 0 Å². The highest BCUT2D eigenvalue weighted by Crippen LogP contribution is 2.26. The zero-order valence-corrected chi connectivity index (χ0v) is 14.1. The standard InChI is InChI=1S/C12H16Br2N2OS/c1-8(4-5-15)18-7-12(17)16-11-3-2-9(13)6-10(11)14/h2-3,6,8H,4-5,7,15H2,1H3,(H,16,17). The number of nitrogens with two attached hydrogens (primary N) is 1. The van der Waals surface area contributed by atoms with Crippen LogP contribution in [-0.4, -0.2) is 23.5 Å². The average molecular weight is 396 g/mol. The predicted molar refractivity (Wildman–Crippen MR) is 86.1 cm³/mol. The van der Waals surface area contributed by atoms with E-state index < -0.39 is 0 Å². The Hall–Kier alpha value is -0.0400. The highest BCUT2D eigenvalue weighted by Gasteiger charge is 2.08. The lowest BCUT2D eigenvalue weighted by molar-refractivity contribution is -0.113. The molecule has 1 aromatic carbocycles. The molecule has 6 heteroatoms. The molecule has 1 unspecified atom stereocenters. The highest BCUT2D eigenvalue weighted by atomic mass is 79.9. The van der Waals surface area contributed by atoms with Gasteiger partial charge in [0.25, 0.3) is 0 Å². The number of rotatable bonds is 6. The molecule has 3 nitrogen and oxygen atoms in total. The van der Waals surface area contributed by atoms with Crippen molar-refractivity contribution in [2.45, 2.75) is 18.6 Å². The molecule has 0 aliphatic rings. The van der Waals surface area contributed by atoms with Crippen LogP contribution in [0.1, 0.15) is 13.3 Å². The van der Waals surface area contributed by atoms with E-state index in [0.29, 0.717) is 17.5 Å². The molecule has 0 saturated heterocycles. The van der Waals surface area contributed by atoms with E-state index >= 15 is 0 Å². The summed E-state index contributed by atoms with van der Waals surface area (Å²) < 4.78 is 1.84. The number of thioether (sulfide) groups is 1. The predicted octanol–water partition coefficient (Wildman–Crippen LogP) is 3.62. The number of hydrogen-bond donors (Lipinski definition) is 2. The van der Waals surface area contributed by atoms with E-state index in [1.807, 2.05) is 18.2 Å². The van der Waals surface area contributed by atoms with Crippen LogP contribution in [0.4, 0.5) is 5.69 Å². The highest BCUT2D eigenvalue weighted by molar-refractivity contribution is 9.11. The Morgan fingerprint density at radius 2 is 2.22 bits per heavy atom. The van der Waals surface area contributed by atoms with E-state index in [0.717, 1.165) is 21.1 Å². The molecule has 0 aromatic heterocycles. The summed E-state index contributed by atoms with van der Waals surface area (Å²) in [5.41, 5.74) is 6.26. The largest absolute Gasteiger partial charge is 0.330 e. The molecular weight excluding hydrogens is 380 g/mol. The lowest BCUT2D eigenvalue weighted by atomic mass is 10.3. The second-order valence-electron chi connectivity index (χ2n) is 3.87. The molecule has 0 heterocycles. The zero-order valence-electron chi connectivity index (χ0n) is 10.1. The van der Waals surface area contributed by atoms with E-state index in [1.54, 1.807) is 11.8 Å². The van der Waals surface area contributed by atoms with Crippen molar-refractivity contribution < 1.29 is 4.79 Å².